The first-order valence-electron chi connectivity index (χ1n) is 8.82. The molecule has 0 radical (unpaired) electrons. The molecule has 3 atom stereocenters. The maximum atomic E-state index is 13.4. The Morgan fingerprint density at radius 2 is 1.83 bits per heavy atom. The van der Waals surface area contributed by atoms with Crippen LogP contribution in [0.15, 0.2) is 78.5 Å². The lowest BCUT2D eigenvalue weighted by Crippen LogP contribution is -2.48. The molecule has 4 rings (SSSR count). The van der Waals surface area contributed by atoms with E-state index in [2.05, 4.69) is 0 Å². The molecule has 1 amide bonds. The van der Waals surface area contributed by atoms with E-state index in [9.17, 15) is 24.8 Å². The molecule has 8 nitrogen and oxygen atoms in total. The van der Waals surface area contributed by atoms with Gasteiger partial charge in [0.15, 0.2) is 0 Å². The highest BCUT2D eigenvalue weighted by Crippen LogP contribution is 2.54. The first kappa shape index (κ1) is 18.4. The molecule has 0 spiro atoms. The van der Waals surface area contributed by atoms with E-state index in [4.69, 9.17) is 4.74 Å². The number of hydrogen-bond acceptors (Lipinski definition) is 6. The number of phenols is 1. The summed E-state index contributed by atoms with van der Waals surface area (Å²) in [6, 6.07) is 13.6. The van der Waals surface area contributed by atoms with Gasteiger partial charge >= 0.3 is 0 Å². The van der Waals surface area contributed by atoms with Gasteiger partial charge in [-0.1, -0.05) is 42.5 Å². The van der Waals surface area contributed by atoms with Crippen LogP contribution in [-0.4, -0.2) is 28.0 Å². The van der Waals surface area contributed by atoms with Crippen LogP contribution in [0, 0.1) is 16.0 Å². The smallest absolute Gasteiger partial charge is 0.294 e. The molecule has 0 saturated carbocycles. The number of nitro groups is 1. The number of benzene rings is 2. The van der Waals surface area contributed by atoms with Crippen LogP contribution in [0.1, 0.15) is 11.6 Å². The Morgan fingerprint density at radius 3 is 2.45 bits per heavy atom. The number of nitrogens with zero attached hydrogens (tertiary/aromatic N) is 2. The predicted molar refractivity (Wildman–Crippen MR) is 102 cm³/mol. The SMILES string of the molecule is O=COC12C([N+](=O)[O-])=CC=CC1C(=O)N(c1ccc(O)cc1)C2c1ccccc1. The van der Waals surface area contributed by atoms with Crippen molar-refractivity contribution in [2.24, 2.45) is 5.92 Å². The van der Waals surface area contributed by atoms with Crippen LogP contribution in [0.4, 0.5) is 5.69 Å². The van der Waals surface area contributed by atoms with E-state index in [0.29, 0.717) is 11.3 Å². The molecule has 1 aliphatic heterocycles. The van der Waals surface area contributed by atoms with E-state index in [1.807, 2.05) is 0 Å². The number of hydrogen-bond donors (Lipinski definition) is 1. The fourth-order valence-corrected chi connectivity index (χ4v) is 4.14. The molecule has 1 fully saturated rings. The number of carbonyl (C=O) groups is 2. The first-order valence-corrected chi connectivity index (χ1v) is 8.82. The quantitative estimate of drug-likeness (QED) is 0.476. The number of fused-ring (bicyclic) bond motifs is 1. The molecule has 1 heterocycles. The molecule has 0 bridgehead atoms. The minimum absolute atomic E-state index is 0.0127. The summed E-state index contributed by atoms with van der Waals surface area (Å²) >= 11 is 0. The Hall–Kier alpha value is -3.94. The predicted octanol–water partition coefficient (Wildman–Crippen LogP) is 2.74. The van der Waals surface area contributed by atoms with Gasteiger partial charge in [-0.25, -0.2) is 0 Å². The highest BCUT2D eigenvalue weighted by atomic mass is 16.6. The largest absolute Gasteiger partial charge is 0.508 e. The van der Waals surface area contributed by atoms with E-state index in [1.54, 1.807) is 30.3 Å². The Labute approximate surface area is 165 Å². The van der Waals surface area contributed by atoms with Gasteiger partial charge in [-0.3, -0.25) is 24.6 Å². The van der Waals surface area contributed by atoms with Crippen molar-refractivity contribution in [1.29, 1.82) is 0 Å². The summed E-state index contributed by atoms with van der Waals surface area (Å²) in [5, 5.41) is 21.5. The highest BCUT2D eigenvalue weighted by Gasteiger charge is 2.68. The summed E-state index contributed by atoms with van der Waals surface area (Å²) in [7, 11) is 0. The van der Waals surface area contributed by atoms with E-state index < -0.39 is 28.4 Å². The van der Waals surface area contributed by atoms with Gasteiger partial charge in [0.1, 0.15) is 17.7 Å². The van der Waals surface area contributed by atoms with Gasteiger partial charge in [0.25, 0.3) is 12.2 Å². The van der Waals surface area contributed by atoms with Gasteiger partial charge in [-0.05, 0) is 29.8 Å². The fraction of sp³-hybridized carbons (Fsp3) is 0.143. The van der Waals surface area contributed by atoms with Gasteiger partial charge in [0.05, 0.1) is 4.92 Å². The molecule has 146 valence electrons. The maximum Gasteiger partial charge on any atom is 0.294 e. The van der Waals surface area contributed by atoms with Crippen LogP contribution in [0.3, 0.4) is 0 Å². The molecule has 2 aliphatic rings. The number of allylic oxidation sites excluding steroid dienone is 2. The number of aromatic hydroxyl groups is 1. The average Bonchev–Trinajstić information content (AvgIpc) is 2.98. The minimum atomic E-state index is -1.84. The lowest BCUT2D eigenvalue weighted by Gasteiger charge is -2.36. The van der Waals surface area contributed by atoms with Crippen molar-refractivity contribution < 1.29 is 24.4 Å². The Bertz CT molecular complexity index is 1030. The van der Waals surface area contributed by atoms with Crippen molar-refractivity contribution in [1.82, 2.24) is 0 Å². The van der Waals surface area contributed by atoms with Crippen LogP contribution in [-0.2, 0) is 14.3 Å². The normalized spacial score (nSPS) is 25.3. The third-order valence-electron chi connectivity index (χ3n) is 5.27. The molecular formula is C21H16N2O6. The monoisotopic (exact) mass is 392 g/mol. The average molecular weight is 392 g/mol. The van der Waals surface area contributed by atoms with Crippen molar-refractivity contribution in [3.63, 3.8) is 0 Å². The van der Waals surface area contributed by atoms with Crippen molar-refractivity contribution in [2.45, 2.75) is 11.6 Å². The van der Waals surface area contributed by atoms with Crippen molar-refractivity contribution in [3.8, 4) is 5.75 Å². The lowest BCUT2D eigenvalue weighted by atomic mass is 9.76. The topological polar surface area (TPSA) is 110 Å². The van der Waals surface area contributed by atoms with E-state index >= 15 is 0 Å². The van der Waals surface area contributed by atoms with Crippen molar-refractivity contribution in [2.75, 3.05) is 4.90 Å². The third kappa shape index (κ3) is 2.68. The van der Waals surface area contributed by atoms with Gasteiger partial charge in [-0.15, -0.1) is 0 Å². The molecule has 0 aromatic heterocycles. The summed E-state index contributed by atoms with van der Waals surface area (Å²) < 4.78 is 5.43. The second-order valence-electron chi connectivity index (χ2n) is 6.72. The second-order valence-corrected chi connectivity index (χ2v) is 6.72. The molecule has 8 heteroatoms. The Kier molecular flexibility index (Phi) is 4.38. The summed E-state index contributed by atoms with van der Waals surface area (Å²) in [5.74, 6) is -1.51. The molecule has 29 heavy (non-hydrogen) atoms. The number of carbonyl (C=O) groups excluding carboxylic acids is 2. The molecular weight excluding hydrogens is 376 g/mol. The zero-order valence-corrected chi connectivity index (χ0v) is 15.0. The molecule has 1 N–H and O–H groups in total. The van der Waals surface area contributed by atoms with Crippen LogP contribution in [0.25, 0.3) is 0 Å². The Balaban J connectivity index is 2.00. The molecule has 1 saturated heterocycles. The molecule has 2 aromatic carbocycles. The number of phenolic OH excluding ortho intramolecular Hbond substituents is 1. The summed E-state index contributed by atoms with van der Waals surface area (Å²) in [5.41, 5.74) is -1.22. The van der Waals surface area contributed by atoms with Crippen molar-refractivity contribution in [3.05, 3.63) is 94.2 Å². The van der Waals surface area contributed by atoms with Crippen LogP contribution >= 0.6 is 0 Å². The molecule has 3 unspecified atom stereocenters. The number of ether oxygens (including phenoxy) is 1. The van der Waals surface area contributed by atoms with E-state index in [-0.39, 0.29) is 17.9 Å². The highest BCUT2D eigenvalue weighted by molar-refractivity contribution is 6.02. The third-order valence-corrected chi connectivity index (χ3v) is 5.27. The maximum absolute atomic E-state index is 13.4. The van der Waals surface area contributed by atoms with Crippen LogP contribution < -0.4 is 4.90 Å². The zero-order chi connectivity index (χ0) is 20.6. The summed E-state index contributed by atoms with van der Waals surface area (Å²) in [6.07, 6.45) is 4.19. The second kappa shape index (κ2) is 6.90. The number of anilines is 1. The first-order chi connectivity index (χ1) is 14.0. The van der Waals surface area contributed by atoms with E-state index in [0.717, 1.165) is 0 Å². The van der Waals surface area contributed by atoms with Gasteiger partial charge in [0, 0.05) is 11.8 Å². The molecule has 2 aromatic rings. The van der Waals surface area contributed by atoms with Crippen LogP contribution in [0.5, 0.6) is 5.75 Å². The fourth-order valence-electron chi connectivity index (χ4n) is 4.14. The number of rotatable bonds is 5. The summed E-state index contributed by atoms with van der Waals surface area (Å²) in [4.78, 5) is 37.6. The van der Waals surface area contributed by atoms with Crippen LogP contribution in [0.2, 0.25) is 0 Å². The van der Waals surface area contributed by atoms with Crippen molar-refractivity contribution >= 4 is 18.1 Å². The standard InChI is InChI=1S/C21H16N2O6/c24-13-29-21-17(7-4-8-18(21)23(27)28)20(26)22(15-9-11-16(25)12-10-15)19(21)14-5-2-1-3-6-14/h1-13,17,19,25H. The van der Waals surface area contributed by atoms with E-state index in [1.165, 1.54) is 47.4 Å². The van der Waals surface area contributed by atoms with Gasteiger partial charge in [-0.2, -0.15) is 0 Å². The minimum Gasteiger partial charge on any atom is -0.508 e. The van der Waals surface area contributed by atoms with Gasteiger partial charge < -0.3 is 9.84 Å². The Morgan fingerprint density at radius 1 is 1.14 bits per heavy atom. The molecule has 1 aliphatic carbocycles. The number of amides is 1. The lowest BCUT2D eigenvalue weighted by molar-refractivity contribution is -0.446. The van der Waals surface area contributed by atoms with Gasteiger partial charge in [0.2, 0.25) is 11.5 Å². The summed E-state index contributed by atoms with van der Waals surface area (Å²) in [6.45, 7) is 0.146. The zero-order valence-electron chi connectivity index (χ0n) is 15.0.